The van der Waals surface area contributed by atoms with Crippen LogP contribution in [-0.2, 0) is 6.42 Å². The number of nitrogens with zero attached hydrogens (tertiary/aromatic N) is 3. The smallest absolute Gasteiger partial charge is 0.257 e. The lowest BCUT2D eigenvalue weighted by molar-refractivity contribution is 0.102. The Morgan fingerprint density at radius 1 is 1.18 bits per heavy atom. The highest BCUT2D eigenvalue weighted by Crippen LogP contribution is 2.26. The van der Waals surface area contributed by atoms with Gasteiger partial charge in [0.05, 0.1) is 28.6 Å². The number of nitriles is 1. The van der Waals surface area contributed by atoms with E-state index >= 15 is 0 Å². The van der Waals surface area contributed by atoms with Crippen molar-refractivity contribution in [2.75, 3.05) is 5.32 Å². The van der Waals surface area contributed by atoms with Gasteiger partial charge in [0.15, 0.2) is 0 Å². The van der Waals surface area contributed by atoms with Crippen molar-refractivity contribution in [1.82, 2.24) is 4.98 Å². The molecule has 1 aliphatic carbocycles. The van der Waals surface area contributed by atoms with E-state index in [1.165, 1.54) is 0 Å². The standard InChI is InChI=1S/C27H23N5O2/c1-17-19(10-13-24(32-34)26(17)29)15-25-23(7-4-14-30-25)27(33)31-21-11-8-18(9-12-21)22-6-3-2-5-20(22)16-28/h2-12,14,34H,13,15,29H2,1H3,(H,31,33). The number of nitrogens with two attached hydrogens (primary N) is 1. The number of carbonyl (C=O) groups excluding carboxylic acids is 1. The molecule has 0 saturated carbocycles. The molecule has 1 amide bonds. The van der Waals surface area contributed by atoms with Crippen LogP contribution in [0.15, 0.2) is 94.9 Å². The molecule has 3 aromatic rings. The molecule has 1 heterocycles. The molecule has 1 aromatic heterocycles. The number of allylic oxidation sites excluding steroid dienone is 4. The van der Waals surface area contributed by atoms with Crippen LogP contribution >= 0.6 is 0 Å². The number of carbonyl (C=O) groups is 1. The van der Waals surface area contributed by atoms with E-state index in [1.54, 1.807) is 24.4 Å². The van der Waals surface area contributed by atoms with Crippen molar-refractivity contribution in [2.24, 2.45) is 10.9 Å². The quantitative estimate of drug-likeness (QED) is 0.381. The molecule has 7 nitrogen and oxygen atoms in total. The lowest BCUT2D eigenvalue weighted by Crippen LogP contribution is -2.20. The van der Waals surface area contributed by atoms with Gasteiger partial charge in [0.2, 0.25) is 0 Å². The third-order valence-corrected chi connectivity index (χ3v) is 5.85. The molecule has 4 rings (SSSR count). The van der Waals surface area contributed by atoms with Gasteiger partial charge in [-0.1, -0.05) is 41.6 Å². The van der Waals surface area contributed by atoms with Crippen LogP contribution in [0.5, 0.6) is 0 Å². The number of rotatable bonds is 5. The monoisotopic (exact) mass is 449 g/mol. The largest absolute Gasteiger partial charge is 0.411 e. The van der Waals surface area contributed by atoms with E-state index in [0.29, 0.717) is 46.8 Å². The first kappa shape index (κ1) is 22.5. The Balaban J connectivity index is 1.53. The zero-order valence-electron chi connectivity index (χ0n) is 18.6. The third-order valence-electron chi connectivity index (χ3n) is 5.85. The molecule has 7 heteroatoms. The molecule has 0 aliphatic heterocycles. The summed E-state index contributed by atoms with van der Waals surface area (Å²) in [6, 6.07) is 20.4. The minimum absolute atomic E-state index is 0.267. The van der Waals surface area contributed by atoms with E-state index in [0.717, 1.165) is 22.3 Å². The number of oxime groups is 1. The zero-order valence-corrected chi connectivity index (χ0v) is 18.6. The van der Waals surface area contributed by atoms with Gasteiger partial charge in [-0.05, 0) is 59.5 Å². The first-order valence-corrected chi connectivity index (χ1v) is 10.7. The number of benzene rings is 2. The SMILES string of the molecule is CC1=C(N)C(=NO)CC=C1Cc1ncccc1C(=O)Nc1ccc(-c2ccccc2C#N)cc1. The predicted octanol–water partition coefficient (Wildman–Crippen LogP) is 4.81. The molecule has 0 bridgehead atoms. The highest BCUT2D eigenvalue weighted by molar-refractivity contribution is 6.05. The summed E-state index contributed by atoms with van der Waals surface area (Å²) in [6.07, 6.45) is 4.44. The molecule has 2 aromatic carbocycles. The Kier molecular flexibility index (Phi) is 6.51. The van der Waals surface area contributed by atoms with Gasteiger partial charge in [-0.15, -0.1) is 0 Å². The summed E-state index contributed by atoms with van der Waals surface area (Å²) < 4.78 is 0. The maximum atomic E-state index is 13.1. The van der Waals surface area contributed by atoms with Crippen molar-refractivity contribution < 1.29 is 10.0 Å². The molecule has 0 spiro atoms. The lowest BCUT2D eigenvalue weighted by Gasteiger charge is -2.18. The molecule has 4 N–H and O–H groups in total. The summed E-state index contributed by atoms with van der Waals surface area (Å²) in [7, 11) is 0. The Bertz CT molecular complexity index is 1380. The van der Waals surface area contributed by atoms with Crippen molar-refractivity contribution in [2.45, 2.75) is 19.8 Å². The Hall–Kier alpha value is -4.70. The van der Waals surface area contributed by atoms with E-state index in [1.807, 2.05) is 55.5 Å². The second-order valence-electron chi connectivity index (χ2n) is 7.88. The van der Waals surface area contributed by atoms with Gasteiger partial charge in [0.25, 0.3) is 5.91 Å². The van der Waals surface area contributed by atoms with Crippen molar-refractivity contribution in [3.05, 3.63) is 107 Å². The fourth-order valence-corrected chi connectivity index (χ4v) is 3.90. The Morgan fingerprint density at radius 3 is 2.68 bits per heavy atom. The summed E-state index contributed by atoms with van der Waals surface area (Å²) in [4.78, 5) is 17.5. The van der Waals surface area contributed by atoms with E-state index in [-0.39, 0.29) is 5.91 Å². The Morgan fingerprint density at radius 2 is 1.94 bits per heavy atom. The van der Waals surface area contributed by atoms with E-state index in [2.05, 4.69) is 21.5 Å². The maximum Gasteiger partial charge on any atom is 0.257 e. The topological polar surface area (TPSA) is 124 Å². The minimum atomic E-state index is -0.267. The summed E-state index contributed by atoms with van der Waals surface area (Å²) >= 11 is 0. The summed E-state index contributed by atoms with van der Waals surface area (Å²) in [6.45, 7) is 1.86. The molecule has 0 radical (unpaired) electrons. The van der Waals surface area contributed by atoms with Gasteiger partial charge in [-0.25, -0.2) is 0 Å². The predicted molar refractivity (Wildman–Crippen MR) is 131 cm³/mol. The molecule has 168 valence electrons. The van der Waals surface area contributed by atoms with E-state index < -0.39 is 0 Å². The number of aromatic nitrogens is 1. The fourth-order valence-electron chi connectivity index (χ4n) is 3.90. The first-order valence-electron chi connectivity index (χ1n) is 10.7. The normalized spacial score (nSPS) is 14.5. The van der Waals surface area contributed by atoms with Crippen molar-refractivity contribution in [1.29, 1.82) is 5.26 Å². The fraction of sp³-hybridized carbons (Fsp3) is 0.111. The van der Waals surface area contributed by atoms with Crippen LogP contribution in [0.25, 0.3) is 11.1 Å². The molecule has 0 unspecified atom stereocenters. The van der Waals surface area contributed by atoms with Gasteiger partial charge in [0, 0.05) is 24.7 Å². The van der Waals surface area contributed by atoms with Crippen LogP contribution < -0.4 is 11.1 Å². The van der Waals surface area contributed by atoms with Gasteiger partial charge >= 0.3 is 0 Å². The number of hydrogen-bond donors (Lipinski definition) is 3. The molecule has 0 atom stereocenters. The first-order chi connectivity index (χ1) is 16.5. The van der Waals surface area contributed by atoms with E-state index in [4.69, 9.17) is 10.9 Å². The maximum absolute atomic E-state index is 13.1. The van der Waals surface area contributed by atoms with Crippen LogP contribution in [0, 0.1) is 11.3 Å². The van der Waals surface area contributed by atoms with Gasteiger partial charge in [-0.3, -0.25) is 9.78 Å². The van der Waals surface area contributed by atoms with Crippen LogP contribution in [0.2, 0.25) is 0 Å². The van der Waals surface area contributed by atoms with Crippen molar-refractivity contribution >= 4 is 17.3 Å². The minimum Gasteiger partial charge on any atom is -0.411 e. The third kappa shape index (κ3) is 4.57. The summed E-state index contributed by atoms with van der Waals surface area (Å²) in [5, 5.41) is 24.6. The van der Waals surface area contributed by atoms with Crippen LogP contribution in [0.1, 0.15) is 35.0 Å². The second-order valence-corrected chi connectivity index (χ2v) is 7.88. The summed E-state index contributed by atoms with van der Waals surface area (Å²) in [5.74, 6) is -0.267. The number of nitrogens with one attached hydrogen (secondary N) is 1. The van der Waals surface area contributed by atoms with Crippen LogP contribution in [0.4, 0.5) is 5.69 Å². The number of pyridine rings is 1. The second kappa shape index (κ2) is 9.84. The Labute approximate surface area is 197 Å². The molecule has 1 aliphatic rings. The lowest BCUT2D eigenvalue weighted by atomic mass is 9.91. The number of amides is 1. The molecular weight excluding hydrogens is 426 g/mol. The van der Waals surface area contributed by atoms with Crippen molar-refractivity contribution in [3.63, 3.8) is 0 Å². The number of hydrogen-bond acceptors (Lipinski definition) is 6. The van der Waals surface area contributed by atoms with Crippen molar-refractivity contribution in [3.8, 4) is 17.2 Å². The van der Waals surface area contributed by atoms with E-state index in [9.17, 15) is 10.1 Å². The molecule has 0 saturated heterocycles. The molecular formula is C27H23N5O2. The van der Waals surface area contributed by atoms with Crippen LogP contribution in [0.3, 0.4) is 0 Å². The average molecular weight is 450 g/mol. The van der Waals surface area contributed by atoms with Gasteiger partial charge in [-0.2, -0.15) is 5.26 Å². The number of anilines is 1. The summed E-state index contributed by atoms with van der Waals surface area (Å²) in [5.41, 5.74) is 12.8. The van der Waals surface area contributed by atoms with Gasteiger partial charge < -0.3 is 16.3 Å². The average Bonchev–Trinajstić information content (AvgIpc) is 2.87. The molecule has 0 fully saturated rings. The van der Waals surface area contributed by atoms with Gasteiger partial charge in [0.1, 0.15) is 5.71 Å². The highest BCUT2D eigenvalue weighted by atomic mass is 16.4. The zero-order chi connectivity index (χ0) is 24.1. The highest BCUT2D eigenvalue weighted by Gasteiger charge is 2.20. The van der Waals surface area contributed by atoms with Crippen LogP contribution in [-0.4, -0.2) is 21.8 Å². The molecule has 34 heavy (non-hydrogen) atoms.